The maximum absolute atomic E-state index is 11.7. The van der Waals surface area contributed by atoms with Crippen molar-refractivity contribution in [1.82, 2.24) is 0 Å². The molecule has 0 radical (unpaired) electrons. The SMILES string of the molecule is COC(=O)c1ccc(NC(=O)C[C@@H](C)CC(=O)[O-])cc1. The minimum Gasteiger partial charge on any atom is -0.550 e. The molecule has 0 aromatic heterocycles. The van der Waals surface area contributed by atoms with Crippen LogP contribution in [0.5, 0.6) is 0 Å². The number of rotatable bonds is 6. The lowest BCUT2D eigenvalue weighted by Gasteiger charge is -2.12. The van der Waals surface area contributed by atoms with Gasteiger partial charge in [0.25, 0.3) is 0 Å². The number of amides is 1. The molecule has 1 atom stereocenters. The molecule has 6 nitrogen and oxygen atoms in total. The number of ether oxygens (including phenoxy) is 1. The third kappa shape index (κ3) is 5.09. The molecule has 0 bridgehead atoms. The van der Waals surface area contributed by atoms with Crippen LogP contribution < -0.4 is 10.4 Å². The van der Waals surface area contributed by atoms with Crippen molar-refractivity contribution in [3.63, 3.8) is 0 Å². The Kier molecular flexibility index (Phi) is 5.71. The molecule has 0 unspecified atom stereocenters. The Morgan fingerprint density at radius 3 is 2.30 bits per heavy atom. The molecule has 20 heavy (non-hydrogen) atoms. The predicted octanol–water partition coefficient (Wildman–Crippen LogP) is 0.578. The van der Waals surface area contributed by atoms with E-state index in [0.29, 0.717) is 11.3 Å². The van der Waals surface area contributed by atoms with Gasteiger partial charge < -0.3 is 20.0 Å². The molecule has 1 aromatic carbocycles. The van der Waals surface area contributed by atoms with Crippen LogP contribution in [0.4, 0.5) is 5.69 Å². The summed E-state index contributed by atoms with van der Waals surface area (Å²) in [5, 5.41) is 13.0. The lowest BCUT2D eigenvalue weighted by molar-refractivity contribution is -0.306. The first-order valence-corrected chi connectivity index (χ1v) is 6.10. The highest BCUT2D eigenvalue weighted by Gasteiger charge is 2.10. The van der Waals surface area contributed by atoms with Crippen LogP contribution in [0.15, 0.2) is 24.3 Å². The number of hydrogen-bond acceptors (Lipinski definition) is 5. The maximum atomic E-state index is 11.7. The standard InChI is InChI=1S/C14H17NO5/c1-9(8-13(17)18)7-12(16)15-11-5-3-10(4-6-11)14(19)20-2/h3-6,9H,7-8H2,1-2H3,(H,15,16)(H,17,18)/p-1/t9-/m1/s1. The molecule has 0 aliphatic rings. The number of carboxylic acid groups (broad SMARTS) is 1. The maximum Gasteiger partial charge on any atom is 0.337 e. The molecule has 0 saturated carbocycles. The molecule has 6 heteroatoms. The van der Waals surface area contributed by atoms with E-state index < -0.39 is 11.9 Å². The first-order valence-electron chi connectivity index (χ1n) is 6.10. The second-order valence-corrected chi connectivity index (χ2v) is 4.50. The van der Waals surface area contributed by atoms with Gasteiger partial charge in [0.1, 0.15) is 0 Å². The highest BCUT2D eigenvalue weighted by molar-refractivity contribution is 5.93. The quantitative estimate of drug-likeness (QED) is 0.768. The molecule has 1 amide bonds. The molecule has 0 aliphatic carbocycles. The highest BCUT2D eigenvalue weighted by Crippen LogP contribution is 2.13. The van der Waals surface area contributed by atoms with Gasteiger partial charge in [-0.15, -0.1) is 0 Å². The zero-order valence-electron chi connectivity index (χ0n) is 11.3. The lowest BCUT2D eigenvalue weighted by atomic mass is 10.0. The third-order valence-corrected chi connectivity index (χ3v) is 2.64. The van der Waals surface area contributed by atoms with Crippen molar-refractivity contribution < 1.29 is 24.2 Å². The number of hydrogen-bond donors (Lipinski definition) is 1. The number of carbonyl (C=O) groups excluding carboxylic acids is 3. The Morgan fingerprint density at radius 1 is 1.20 bits per heavy atom. The summed E-state index contributed by atoms with van der Waals surface area (Å²) in [5.41, 5.74) is 0.916. The van der Waals surface area contributed by atoms with Gasteiger partial charge in [-0.3, -0.25) is 4.79 Å². The average Bonchev–Trinajstić information content (AvgIpc) is 2.37. The molecule has 0 heterocycles. The molecule has 1 aromatic rings. The number of carbonyl (C=O) groups is 3. The molecule has 108 valence electrons. The van der Waals surface area contributed by atoms with Gasteiger partial charge in [-0.25, -0.2) is 4.79 Å². The van der Waals surface area contributed by atoms with E-state index in [-0.39, 0.29) is 24.7 Å². The van der Waals surface area contributed by atoms with Crippen LogP contribution in [0.2, 0.25) is 0 Å². The minimum atomic E-state index is -1.17. The second-order valence-electron chi connectivity index (χ2n) is 4.50. The largest absolute Gasteiger partial charge is 0.550 e. The fourth-order valence-electron chi connectivity index (χ4n) is 1.69. The number of methoxy groups -OCH3 is 1. The lowest BCUT2D eigenvalue weighted by Crippen LogP contribution is -2.26. The molecular formula is C14H16NO5-. The number of nitrogens with one attached hydrogen (secondary N) is 1. The molecule has 1 N–H and O–H groups in total. The Bertz CT molecular complexity index is 495. The van der Waals surface area contributed by atoms with Gasteiger partial charge in [-0.05, 0) is 36.6 Å². The van der Waals surface area contributed by atoms with Gasteiger partial charge in [0.15, 0.2) is 0 Å². The molecule has 0 spiro atoms. The van der Waals surface area contributed by atoms with Crippen LogP contribution in [-0.4, -0.2) is 25.0 Å². The van der Waals surface area contributed by atoms with Crippen molar-refractivity contribution in [2.45, 2.75) is 19.8 Å². The summed E-state index contributed by atoms with van der Waals surface area (Å²) in [5.74, 6) is -2.21. The van der Waals surface area contributed by atoms with Crippen LogP contribution in [-0.2, 0) is 14.3 Å². The summed E-state index contributed by atoms with van der Waals surface area (Å²) < 4.78 is 4.56. The zero-order valence-corrected chi connectivity index (χ0v) is 11.3. The predicted molar refractivity (Wildman–Crippen MR) is 69.8 cm³/mol. The fourth-order valence-corrected chi connectivity index (χ4v) is 1.69. The van der Waals surface area contributed by atoms with Crippen LogP contribution in [0.25, 0.3) is 0 Å². The van der Waals surface area contributed by atoms with Gasteiger partial charge in [-0.2, -0.15) is 0 Å². The Labute approximate surface area is 116 Å². The topological polar surface area (TPSA) is 95.5 Å². The van der Waals surface area contributed by atoms with E-state index in [9.17, 15) is 19.5 Å². The number of carboxylic acids is 1. The number of aliphatic carboxylic acids is 1. The summed E-state index contributed by atoms with van der Waals surface area (Å²) in [4.78, 5) is 33.3. The Hall–Kier alpha value is -2.37. The van der Waals surface area contributed by atoms with Gasteiger partial charge >= 0.3 is 5.97 Å². The molecule has 0 aliphatic heterocycles. The van der Waals surface area contributed by atoms with E-state index in [0.717, 1.165) is 0 Å². The summed E-state index contributed by atoms with van der Waals surface area (Å²) in [6.07, 6.45) is -0.0680. The smallest absolute Gasteiger partial charge is 0.337 e. The number of benzene rings is 1. The van der Waals surface area contributed by atoms with Gasteiger partial charge in [0.05, 0.1) is 12.7 Å². The number of esters is 1. The van der Waals surface area contributed by atoms with Crippen molar-refractivity contribution in [2.24, 2.45) is 5.92 Å². The normalized spacial score (nSPS) is 11.5. The van der Waals surface area contributed by atoms with Gasteiger partial charge in [-0.1, -0.05) is 6.92 Å². The van der Waals surface area contributed by atoms with Crippen molar-refractivity contribution in [2.75, 3.05) is 12.4 Å². The number of anilines is 1. The van der Waals surface area contributed by atoms with E-state index in [1.54, 1.807) is 19.1 Å². The Morgan fingerprint density at radius 2 is 1.80 bits per heavy atom. The molecular weight excluding hydrogens is 262 g/mol. The first kappa shape index (κ1) is 15.7. The fraction of sp³-hybridized carbons (Fsp3) is 0.357. The average molecular weight is 278 g/mol. The van der Waals surface area contributed by atoms with Crippen LogP contribution >= 0.6 is 0 Å². The summed E-state index contributed by atoms with van der Waals surface area (Å²) in [7, 11) is 1.29. The van der Waals surface area contributed by atoms with Crippen molar-refractivity contribution in [1.29, 1.82) is 0 Å². The van der Waals surface area contributed by atoms with Crippen molar-refractivity contribution in [3.05, 3.63) is 29.8 Å². The van der Waals surface area contributed by atoms with E-state index in [1.165, 1.54) is 19.2 Å². The van der Waals surface area contributed by atoms with E-state index >= 15 is 0 Å². The molecule has 1 rings (SSSR count). The summed E-state index contributed by atoms with van der Waals surface area (Å²) in [6.45, 7) is 1.66. The van der Waals surface area contributed by atoms with Gasteiger partial charge in [0.2, 0.25) is 5.91 Å². The van der Waals surface area contributed by atoms with Crippen molar-refractivity contribution >= 4 is 23.5 Å². The van der Waals surface area contributed by atoms with Crippen LogP contribution in [0.3, 0.4) is 0 Å². The van der Waals surface area contributed by atoms with Gasteiger partial charge in [0, 0.05) is 18.1 Å². The molecule has 0 saturated heterocycles. The second kappa shape index (κ2) is 7.28. The summed E-state index contributed by atoms with van der Waals surface area (Å²) in [6, 6.07) is 6.22. The van der Waals surface area contributed by atoms with Crippen LogP contribution in [0, 0.1) is 5.92 Å². The van der Waals surface area contributed by atoms with Crippen molar-refractivity contribution in [3.8, 4) is 0 Å². The molecule has 0 fully saturated rings. The first-order chi connectivity index (χ1) is 9.42. The van der Waals surface area contributed by atoms with E-state index in [4.69, 9.17) is 0 Å². The highest BCUT2D eigenvalue weighted by atomic mass is 16.5. The summed E-state index contributed by atoms with van der Waals surface area (Å²) >= 11 is 0. The van der Waals surface area contributed by atoms with Crippen LogP contribution in [0.1, 0.15) is 30.1 Å². The minimum absolute atomic E-state index is 0.0900. The monoisotopic (exact) mass is 278 g/mol. The zero-order chi connectivity index (χ0) is 15.1. The Balaban J connectivity index is 2.54. The third-order valence-electron chi connectivity index (χ3n) is 2.64. The van der Waals surface area contributed by atoms with E-state index in [1.807, 2.05) is 0 Å². The van der Waals surface area contributed by atoms with E-state index in [2.05, 4.69) is 10.1 Å².